The van der Waals surface area contributed by atoms with Gasteiger partial charge in [-0.05, 0) is 23.6 Å². The van der Waals surface area contributed by atoms with Crippen LogP contribution in [0, 0.1) is 0 Å². The molecule has 6 rings (SSSR count). The SMILES string of the molecule is COc1cc(=O)n2c(c1C(=O)N1CCc3ccccc3C1)CCN(C(=O)c1cc3ncccn3n1)CC2. The van der Waals surface area contributed by atoms with Gasteiger partial charge in [0.1, 0.15) is 11.3 Å². The summed E-state index contributed by atoms with van der Waals surface area (Å²) < 4.78 is 8.69. The number of methoxy groups -OCH3 is 1. The number of amides is 2. The summed E-state index contributed by atoms with van der Waals surface area (Å²) in [5.74, 6) is -0.133. The van der Waals surface area contributed by atoms with Crippen molar-refractivity contribution >= 4 is 17.5 Å². The quantitative estimate of drug-likeness (QED) is 0.427. The van der Waals surface area contributed by atoms with Crippen molar-refractivity contribution < 1.29 is 14.3 Å². The van der Waals surface area contributed by atoms with Gasteiger partial charge in [0.2, 0.25) is 0 Å². The number of aromatic nitrogens is 4. The maximum atomic E-state index is 13.9. The first-order valence-corrected chi connectivity index (χ1v) is 12.3. The zero-order chi connectivity index (χ0) is 25.5. The van der Waals surface area contributed by atoms with Gasteiger partial charge in [-0.25, -0.2) is 9.50 Å². The van der Waals surface area contributed by atoms with Crippen LogP contribution in [0.4, 0.5) is 0 Å². The second kappa shape index (κ2) is 9.20. The summed E-state index contributed by atoms with van der Waals surface area (Å²) in [5.41, 5.74) is 3.99. The molecule has 0 spiro atoms. The fourth-order valence-electron chi connectivity index (χ4n) is 5.27. The van der Waals surface area contributed by atoms with Crippen LogP contribution >= 0.6 is 0 Å². The van der Waals surface area contributed by atoms with E-state index in [1.165, 1.54) is 18.7 Å². The Morgan fingerprint density at radius 3 is 2.54 bits per heavy atom. The third-order valence-electron chi connectivity index (χ3n) is 7.19. The molecule has 0 saturated heterocycles. The number of hydrogen-bond donors (Lipinski definition) is 0. The lowest BCUT2D eigenvalue weighted by Gasteiger charge is -2.30. The van der Waals surface area contributed by atoms with Crippen molar-refractivity contribution in [2.75, 3.05) is 26.7 Å². The van der Waals surface area contributed by atoms with E-state index in [0.29, 0.717) is 49.5 Å². The molecule has 0 fully saturated rings. The minimum absolute atomic E-state index is 0.165. The van der Waals surface area contributed by atoms with Gasteiger partial charge in [0.05, 0.1) is 7.11 Å². The van der Waals surface area contributed by atoms with Gasteiger partial charge in [-0.3, -0.25) is 14.4 Å². The molecule has 10 heteroatoms. The lowest BCUT2D eigenvalue weighted by molar-refractivity contribution is 0.0728. The Hall–Kier alpha value is -4.47. The number of pyridine rings is 1. The van der Waals surface area contributed by atoms with Gasteiger partial charge in [0.15, 0.2) is 11.3 Å². The number of carbonyl (C=O) groups is 2. The molecule has 2 amide bonds. The molecule has 0 unspecified atom stereocenters. The Morgan fingerprint density at radius 1 is 0.919 bits per heavy atom. The van der Waals surface area contributed by atoms with E-state index in [1.807, 2.05) is 23.1 Å². The van der Waals surface area contributed by atoms with Crippen molar-refractivity contribution in [1.82, 2.24) is 29.0 Å². The molecule has 0 bridgehead atoms. The molecule has 0 N–H and O–H groups in total. The number of benzene rings is 1. The molecule has 3 aromatic heterocycles. The predicted octanol–water partition coefficient (Wildman–Crippen LogP) is 1.80. The number of nitrogens with zero attached hydrogens (tertiary/aromatic N) is 6. The molecule has 4 aromatic rings. The third-order valence-corrected chi connectivity index (χ3v) is 7.19. The fraction of sp³-hybridized carbons (Fsp3) is 0.296. The van der Waals surface area contributed by atoms with Crippen LogP contribution in [-0.4, -0.2) is 67.5 Å². The highest BCUT2D eigenvalue weighted by molar-refractivity contribution is 5.98. The van der Waals surface area contributed by atoms with E-state index >= 15 is 0 Å². The van der Waals surface area contributed by atoms with Crippen LogP contribution in [0.5, 0.6) is 5.75 Å². The van der Waals surface area contributed by atoms with Gasteiger partial charge < -0.3 is 19.1 Å². The van der Waals surface area contributed by atoms with E-state index in [1.54, 1.807) is 38.5 Å². The van der Waals surface area contributed by atoms with Crippen LogP contribution in [-0.2, 0) is 25.9 Å². The molecule has 0 atom stereocenters. The molecule has 0 radical (unpaired) electrons. The first-order chi connectivity index (χ1) is 18.0. The minimum Gasteiger partial charge on any atom is -0.496 e. The molecular weight excluding hydrogens is 472 g/mol. The topological polar surface area (TPSA) is 102 Å². The van der Waals surface area contributed by atoms with Gasteiger partial charge in [0.25, 0.3) is 17.4 Å². The van der Waals surface area contributed by atoms with E-state index in [2.05, 4.69) is 16.1 Å². The Bertz CT molecular complexity index is 1560. The van der Waals surface area contributed by atoms with Crippen molar-refractivity contribution in [3.8, 4) is 5.75 Å². The second-order valence-electron chi connectivity index (χ2n) is 9.26. The van der Waals surface area contributed by atoms with E-state index in [9.17, 15) is 14.4 Å². The summed E-state index contributed by atoms with van der Waals surface area (Å²) in [7, 11) is 1.47. The Kier molecular flexibility index (Phi) is 5.71. The minimum atomic E-state index is -0.251. The smallest absolute Gasteiger partial charge is 0.274 e. The van der Waals surface area contributed by atoms with Crippen LogP contribution in [0.25, 0.3) is 5.65 Å². The van der Waals surface area contributed by atoms with Crippen LogP contribution in [0.2, 0.25) is 0 Å². The molecule has 0 saturated carbocycles. The normalized spacial score (nSPS) is 15.2. The van der Waals surface area contributed by atoms with E-state index < -0.39 is 0 Å². The van der Waals surface area contributed by atoms with E-state index in [-0.39, 0.29) is 35.4 Å². The number of hydrogen-bond acceptors (Lipinski definition) is 6. The fourth-order valence-corrected chi connectivity index (χ4v) is 5.27. The van der Waals surface area contributed by atoms with Gasteiger partial charge in [-0.15, -0.1) is 0 Å². The van der Waals surface area contributed by atoms with E-state index in [4.69, 9.17) is 4.74 Å². The van der Waals surface area contributed by atoms with Crippen molar-refractivity contribution in [2.24, 2.45) is 0 Å². The molecular formula is C27H26N6O4. The molecule has 188 valence electrons. The summed E-state index contributed by atoms with van der Waals surface area (Å²) in [6, 6.07) is 12.9. The zero-order valence-corrected chi connectivity index (χ0v) is 20.5. The van der Waals surface area contributed by atoms with Crippen LogP contribution < -0.4 is 10.3 Å². The number of rotatable bonds is 3. The molecule has 1 aromatic carbocycles. The number of carbonyl (C=O) groups excluding carboxylic acids is 2. The zero-order valence-electron chi connectivity index (χ0n) is 20.5. The monoisotopic (exact) mass is 498 g/mol. The van der Waals surface area contributed by atoms with Gasteiger partial charge >= 0.3 is 0 Å². The Labute approximate surface area is 212 Å². The third kappa shape index (κ3) is 4.04. The van der Waals surface area contributed by atoms with Gasteiger partial charge in [-0.1, -0.05) is 24.3 Å². The first kappa shape index (κ1) is 23.0. The average molecular weight is 499 g/mol. The lowest BCUT2D eigenvalue weighted by Crippen LogP contribution is -2.38. The number of fused-ring (bicyclic) bond motifs is 3. The van der Waals surface area contributed by atoms with Gasteiger partial charge in [0, 0.05) is 69.4 Å². The molecule has 10 nitrogen and oxygen atoms in total. The lowest BCUT2D eigenvalue weighted by atomic mass is 9.98. The Morgan fingerprint density at radius 2 is 1.73 bits per heavy atom. The Balaban J connectivity index is 1.31. The van der Waals surface area contributed by atoms with E-state index in [0.717, 1.165) is 12.0 Å². The predicted molar refractivity (Wildman–Crippen MR) is 135 cm³/mol. The highest BCUT2D eigenvalue weighted by Gasteiger charge is 2.31. The van der Waals surface area contributed by atoms with Crippen LogP contribution in [0.3, 0.4) is 0 Å². The number of ether oxygens (including phenoxy) is 1. The van der Waals surface area contributed by atoms with Crippen molar-refractivity contribution in [3.05, 3.63) is 93.3 Å². The molecule has 0 aliphatic carbocycles. The van der Waals surface area contributed by atoms with Crippen LogP contribution in [0.1, 0.15) is 37.7 Å². The average Bonchev–Trinajstić information content (AvgIpc) is 3.24. The van der Waals surface area contributed by atoms with Crippen molar-refractivity contribution in [1.29, 1.82) is 0 Å². The largest absolute Gasteiger partial charge is 0.496 e. The van der Waals surface area contributed by atoms with Gasteiger partial charge in [-0.2, -0.15) is 5.10 Å². The first-order valence-electron chi connectivity index (χ1n) is 12.3. The highest BCUT2D eigenvalue weighted by atomic mass is 16.5. The summed E-state index contributed by atoms with van der Waals surface area (Å²) in [5, 5.41) is 4.35. The summed E-state index contributed by atoms with van der Waals surface area (Å²) in [6.07, 6.45) is 4.50. The highest BCUT2D eigenvalue weighted by Crippen LogP contribution is 2.27. The molecule has 2 aliphatic rings. The maximum absolute atomic E-state index is 13.9. The van der Waals surface area contributed by atoms with Crippen molar-refractivity contribution in [3.63, 3.8) is 0 Å². The summed E-state index contributed by atoms with van der Waals surface area (Å²) in [6.45, 7) is 2.03. The van der Waals surface area contributed by atoms with Crippen molar-refractivity contribution in [2.45, 2.75) is 25.9 Å². The summed E-state index contributed by atoms with van der Waals surface area (Å²) >= 11 is 0. The van der Waals surface area contributed by atoms with Crippen LogP contribution in [0.15, 0.2) is 59.7 Å². The molecule has 5 heterocycles. The molecule has 2 aliphatic heterocycles. The summed E-state index contributed by atoms with van der Waals surface area (Å²) in [4.78, 5) is 47.9. The maximum Gasteiger partial charge on any atom is 0.274 e. The standard InChI is InChI=1S/C27H26N6O4/c1-37-22-16-24(34)32-14-13-30(26(35)20-15-23-28-9-4-10-33(23)29-20)12-8-21(32)25(22)27(36)31-11-7-18-5-2-3-6-19(18)17-31/h2-6,9-10,15-16H,7-8,11-14,17H2,1H3. The molecule has 37 heavy (non-hydrogen) atoms. The second-order valence-corrected chi connectivity index (χ2v) is 9.26.